The molecule has 0 saturated heterocycles. The molecule has 3 rings (SSSR count). The normalized spacial score (nSPS) is 10.9. The van der Waals surface area contributed by atoms with E-state index < -0.39 is 0 Å². The highest BCUT2D eigenvalue weighted by Crippen LogP contribution is 2.12. The molecule has 0 aromatic heterocycles. The van der Waals surface area contributed by atoms with Gasteiger partial charge in [0, 0.05) is 36.2 Å². The lowest BCUT2D eigenvalue weighted by atomic mass is 10.2. The molecule has 142 valence electrons. The lowest BCUT2D eigenvalue weighted by Crippen LogP contribution is -2.24. The molecular weight excluding hydrogens is 330 g/mol. The zero-order valence-corrected chi connectivity index (χ0v) is 16.6. The van der Waals surface area contributed by atoms with Gasteiger partial charge in [-0.15, -0.1) is 0 Å². The first-order chi connectivity index (χ1) is 13.2. The molecule has 3 nitrogen and oxygen atoms in total. The van der Waals surface area contributed by atoms with Gasteiger partial charge in [-0.25, -0.2) is 0 Å². The number of benzene rings is 3. The minimum atomic E-state index is 0.387. The zero-order chi connectivity index (χ0) is 19.3. The molecule has 0 aliphatic heterocycles. The fourth-order valence-corrected chi connectivity index (χ4v) is 2.66. The van der Waals surface area contributed by atoms with E-state index in [1.807, 2.05) is 42.5 Å². The molecule has 0 aliphatic carbocycles. The maximum atomic E-state index is 3.45. The molecule has 3 N–H and O–H groups in total. The highest BCUT2D eigenvalue weighted by atomic mass is 15.0. The van der Waals surface area contributed by atoms with E-state index in [0.29, 0.717) is 6.04 Å². The van der Waals surface area contributed by atoms with Gasteiger partial charge in [-0.2, -0.15) is 0 Å². The summed E-state index contributed by atoms with van der Waals surface area (Å²) in [6, 6.07) is 29.2. The quantitative estimate of drug-likeness (QED) is 0.481. The Bertz CT molecular complexity index is 757. The van der Waals surface area contributed by atoms with Gasteiger partial charge in [0.05, 0.1) is 0 Å². The molecule has 27 heavy (non-hydrogen) atoms. The molecule has 0 aliphatic rings. The van der Waals surface area contributed by atoms with E-state index in [-0.39, 0.29) is 0 Å². The Balaban J connectivity index is 0.000000223. The van der Waals surface area contributed by atoms with Gasteiger partial charge < -0.3 is 16.0 Å². The van der Waals surface area contributed by atoms with Gasteiger partial charge in [0.1, 0.15) is 0 Å². The summed E-state index contributed by atoms with van der Waals surface area (Å²) < 4.78 is 0. The number of aryl methyl sites for hydroxylation is 1. The summed E-state index contributed by atoms with van der Waals surface area (Å²) in [5.74, 6) is 0. The average molecular weight is 362 g/mol. The van der Waals surface area contributed by atoms with Crippen LogP contribution in [0.2, 0.25) is 0 Å². The van der Waals surface area contributed by atoms with Gasteiger partial charge in [-0.3, -0.25) is 0 Å². The third-order valence-electron chi connectivity index (χ3n) is 4.09. The highest BCUT2D eigenvalue weighted by molar-refractivity contribution is 5.50. The molecule has 1 unspecified atom stereocenters. The van der Waals surface area contributed by atoms with Gasteiger partial charge in [0.15, 0.2) is 0 Å². The molecule has 1 atom stereocenters. The Morgan fingerprint density at radius 2 is 1.26 bits per heavy atom. The van der Waals surface area contributed by atoms with E-state index in [2.05, 4.69) is 79.2 Å². The first-order valence-electron chi connectivity index (χ1n) is 9.59. The number of rotatable bonds is 7. The summed E-state index contributed by atoms with van der Waals surface area (Å²) >= 11 is 0. The molecule has 0 heterocycles. The van der Waals surface area contributed by atoms with Crippen molar-refractivity contribution >= 4 is 17.1 Å². The third-order valence-corrected chi connectivity index (χ3v) is 4.09. The summed E-state index contributed by atoms with van der Waals surface area (Å²) in [4.78, 5) is 0. The molecule has 0 spiro atoms. The predicted octanol–water partition coefficient (Wildman–Crippen LogP) is 6.03. The lowest BCUT2D eigenvalue weighted by Gasteiger charge is -2.16. The van der Waals surface area contributed by atoms with Crippen LogP contribution in [0.5, 0.6) is 0 Å². The van der Waals surface area contributed by atoms with Crippen molar-refractivity contribution in [3.63, 3.8) is 0 Å². The Hall–Kier alpha value is -2.94. The Morgan fingerprint density at radius 1 is 0.704 bits per heavy atom. The van der Waals surface area contributed by atoms with Gasteiger partial charge in [-0.1, -0.05) is 54.6 Å². The van der Waals surface area contributed by atoms with E-state index in [1.165, 1.54) is 11.3 Å². The molecule has 3 aromatic rings. The molecule has 3 heteroatoms. The van der Waals surface area contributed by atoms with E-state index in [4.69, 9.17) is 0 Å². The maximum absolute atomic E-state index is 3.45. The zero-order valence-electron chi connectivity index (χ0n) is 16.6. The number of anilines is 3. The Kier molecular flexibility index (Phi) is 8.78. The lowest BCUT2D eigenvalue weighted by molar-refractivity contribution is 0.836. The smallest absolute Gasteiger partial charge is 0.0405 e. The molecule has 0 fully saturated rings. The van der Waals surface area contributed by atoms with Crippen LogP contribution in [0.25, 0.3) is 0 Å². The van der Waals surface area contributed by atoms with Crippen molar-refractivity contribution in [1.82, 2.24) is 0 Å². The second kappa shape index (κ2) is 11.6. The predicted molar refractivity (Wildman–Crippen MR) is 120 cm³/mol. The highest BCUT2D eigenvalue weighted by Gasteiger charge is 2.00. The van der Waals surface area contributed by atoms with Crippen LogP contribution in [-0.2, 0) is 0 Å². The summed E-state index contributed by atoms with van der Waals surface area (Å²) in [7, 11) is 0. The molecule has 0 bridgehead atoms. The standard InChI is InChI=1S/C15H18N2.C9H13N/c1-13(17-15-10-6-3-7-11-15)12-16-14-8-4-2-5-9-14;1-3-10-9-7-5-4-6-8(9)2/h2-11,13,16-17H,12H2,1H3;4-7,10H,3H2,1-2H3. The molecule has 0 amide bonds. The molecule has 3 aromatic carbocycles. The summed E-state index contributed by atoms with van der Waals surface area (Å²) in [5.41, 5.74) is 4.87. The third kappa shape index (κ3) is 7.87. The number of hydrogen-bond acceptors (Lipinski definition) is 3. The van der Waals surface area contributed by atoms with Crippen LogP contribution in [-0.4, -0.2) is 19.1 Å². The first kappa shape index (κ1) is 20.4. The van der Waals surface area contributed by atoms with E-state index in [0.717, 1.165) is 24.5 Å². The maximum Gasteiger partial charge on any atom is 0.0405 e. The van der Waals surface area contributed by atoms with E-state index in [9.17, 15) is 0 Å². The van der Waals surface area contributed by atoms with Gasteiger partial charge in [0.2, 0.25) is 0 Å². The number of hydrogen-bond donors (Lipinski definition) is 3. The van der Waals surface area contributed by atoms with Crippen molar-refractivity contribution in [2.24, 2.45) is 0 Å². The second-order valence-electron chi connectivity index (χ2n) is 6.50. The van der Waals surface area contributed by atoms with Crippen LogP contribution < -0.4 is 16.0 Å². The summed E-state index contributed by atoms with van der Waals surface area (Å²) in [5, 5.41) is 10.1. The largest absolute Gasteiger partial charge is 0.385 e. The van der Waals surface area contributed by atoms with Gasteiger partial charge in [-0.05, 0) is 56.7 Å². The van der Waals surface area contributed by atoms with Gasteiger partial charge >= 0.3 is 0 Å². The van der Waals surface area contributed by atoms with Crippen molar-refractivity contribution in [2.75, 3.05) is 29.0 Å². The number of nitrogens with one attached hydrogen (secondary N) is 3. The van der Waals surface area contributed by atoms with Crippen molar-refractivity contribution in [3.05, 3.63) is 90.5 Å². The van der Waals surface area contributed by atoms with Crippen LogP contribution >= 0.6 is 0 Å². The average Bonchev–Trinajstić information content (AvgIpc) is 2.70. The molecule has 0 radical (unpaired) electrons. The van der Waals surface area contributed by atoms with Crippen LogP contribution in [0, 0.1) is 6.92 Å². The van der Waals surface area contributed by atoms with Gasteiger partial charge in [0.25, 0.3) is 0 Å². The monoisotopic (exact) mass is 361 g/mol. The first-order valence-corrected chi connectivity index (χ1v) is 9.59. The topological polar surface area (TPSA) is 36.1 Å². The second-order valence-corrected chi connectivity index (χ2v) is 6.50. The van der Waals surface area contributed by atoms with Crippen LogP contribution in [0.1, 0.15) is 19.4 Å². The van der Waals surface area contributed by atoms with Crippen molar-refractivity contribution in [1.29, 1.82) is 0 Å². The fourth-order valence-electron chi connectivity index (χ4n) is 2.66. The van der Waals surface area contributed by atoms with E-state index in [1.54, 1.807) is 0 Å². The minimum absolute atomic E-state index is 0.387. The van der Waals surface area contributed by atoms with Crippen LogP contribution in [0.15, 0.2) is 84.9 Å². The van der Waals surface area contributed by atoms with Crippen LogP contribution in [0.4, 0.5) is 17.1 Å². The van der Waals surface area contributed by atoms with Crippen LogP contribution in [0.3, 0.4) is 0 Å². The Morgan fingerprint density at radius 3 is 1.85 bits per heavy atom. The van der Waals surface area contributed by atoms with E-state index >= 15 is 0 Å². The Labute approximate surface area is 163 Å². The summed E-state index contributed by atoms with van der Waals surface area (Å²) in [6.45, 7) is 8.27. The summed E-state index contributed by atoms with van der Waals surface area (Å²) in [6.07, 6.45) is 0. The van der Waals surface area contributed by atoms with Crippen molar-refractivity contribution in [3.8, 4) is 0 Å². The minimum Gasteiger partial charge on any atom is -0.385 e. The molecular formula is C24H31N3. The fraction of sp³-hybridized carbons (Fsp3) is 0.250. The SMILES string of the molecule is CC(CNc1ccccc1)Nc1ccccc1.CCNc1ccccc1C. The van der Waals surface area contributed by atoms with Crippen molar-refractivity contribution < 1.29 is 0 Å². The molecule has 0 saturated carbocycles. The number of para-hydroxylation sites is 3. The van der Waals surface area contributed by atoms with Crippen molar-refractivity contribution in [2.45, 2.75) is 26.8 Å².